The maximum Gasteiger partial charge on any atom is 0.230 e. The summed E-state index contributed by atoms with van der Waals surface area (Å²) in [5, 5.41) is 10.8. The van der Waals surface area contributed by atoms with Crippen LogP contribution in [0.4, 0.5) is 5.69 Å². The summed E-state index contributed by atoms with van der Waals surface area (Å²) in [7, 11) is 1.93. The molecular weight excluding hydrogens is 448 g/mol. The third-order valence-corrected chi connectivity index (χ3v) is 6.72. The number of amides is 1. The number of likely N-dealkylation sites (N-methyl/N-ethyl adjacent to an activating group) is 1. The Morgan fingerprint density at radius 2 is 1.58 bits per heavy atom. The minimum atomic E-state index is -0.538. The zero-order valence-corrected chi connectivity index (χ0v) is 23.6. The van der Waals surface area contributed by atoms with Gasteiger partial charge in [-0.1, -0.05) is 103 Å². The van der Waals surface area contributed by atoms with E-state index < -0.39 is 5.41 Å². The van der Waals surface area contributed by atoms with Crippen LogP contribution in [0.15, 0.2) is 58.9 Å². The van der Waals surface area contributed by atoms with Gasteiger partial charge in [-0.25, -0.2) is 0 Å². The normalized spacial score (nSPS) is 18.7. The van der Waals surface area contributed by atoms with E-state index in [9.17, 15) is 9.59 Å². The maximum atomic E-state index is 13.8. The van der Waals surface area contributed by atoms with E-state index in [2.05, 4.69) is 42.4 Å². The van der Waals surface area contributed by atoms with Gasteiger partial charge < -0.3 is 4.90 Å². The number of Topliss-reactive ketones (excluding diaryl/α,β-unsaturated/α-hetero) is 1. The first-order chi connectivity index (χ1) is 17.1. The van der Waals surface area contributed by atoms with Crippen LogP contribution in [-0.4, -0.2) is 23.7 Å². The van der Waals surface area contributed by atoms with Crippen LogP contribution in [-0.2, 0) is 16.1 Å². The third-order valence-electron chi connectivity index (χ3n) is 6.72. The predicted octanol–water partition coefficient (Wildman–Crippen LogP) is 7.71. The zero-order valence-electron chi connectivity index (χ0n) is 23.6. The molecule has 6 nitrogen and oxygen atoms in total. The Balaban J connectivity index is 0.000000850. The first-order valence-electron chi connectivity index (χ1n) is 13.2. The number of rotatable bonds is 4. The largest absolute Gasteiger partial charge is 0.307 e. The van der Waals surface area contributed by atoms with Crippen molar-refractivity contribution in [2.75, 3.05) is 11.9 Å². The van der Waals surface area contributed by atoms with Crippen molar-refractivity contribution in [1.82, 2.24) is 5.01 Å². The molecule has 196 valence electrons. The van der Waals surface area contributed by atoms with Gasteiger partial charge in [-0.05, 0) is 30.5 Å². The van der Waals surface area contributed by atoms with E-state index in [1.807, 2.05) is 81.9 Å². The highest BCUT2D eigenvalue weighted by Crippen LogP contribution is 2.47. The van der Waals surface area contributed by atoms with Crippen LogP contribution >= 0.6 is 0 Å². The van der Waals surface area contributed by atoms with Gasteiger partial charge in [0.05, 0.1) is 6.54 Å². The fourth-order valence-corrected chi connectivity index (χ4v) is 4.73. The number of hydrogen-bond acceptors (Lipinski definition) is 5. The Kier molecular flexibility index (Phi) is 10.4. The summed E-state index contributed by atoms with van der Waals surface area (Å²) < 4.78 is 0. The summed E-state index contributed by atoms with van der Waals surface area (Å²) in [6, 6.07) is 16.0. The van der Waals surface area contributed by atoms with E-state index in [4.69, 9.17) is 0 Å². The highest BCUT2D eigenvalue weighted by molar-refractivity contribution is 5.96. The van der Waals surface area contributed by atoms with Gasteiger partial charge in [-0.2, -0.15) is 5.11 Å². The number of nitrogens with zero attached hydrogens (tertiary/aromatic N) is 4. The second-order valence-electron chi connectivity index (χ2n) is 10.1. The molecule has 0 aromatic heterocycles. The highest BCUT2D eigenvalue weighted by atomic mass is 16.2. The van der Waals surface area contributed by atoms with E-state index in [0.29, 0.717) is 13.0 Å². The van der Waals surface area contributed by atoms with Gasteiger partial charge in [0.15, 0.2) is 0 Å². The second kappa shape index (κ2) is 12.8. The molecule has 1 amide bonds. The van der Waals surface area contributed by atoms with Crippen LogP contribution in [0, 0.1) is 11.3 Å². The average molecular weight is 493 g/mol. The molecule has 2 aromatic rings. The molecular formula is C30H44N4O2. The van der Waals surface area contributed by atoms with E-state index in [-0.39, 0.29) is 29.7 Å². The van der Waals surface area contributed by atoms with E-state index in [0.717, 1.165) is 22.4 Å². The quantitative estimate of drug-likeness (QED) is 0.439. The first kappa shape index (κ1) is 29.2. The molecule has 4 rings (SSSR count). The van der Waals surface area contributed by atoms with Gasteiger partial charge in [0, 0.05) is 29.6 Å². The lowest BCUT2D eigenvalue weighted by molar-refractivity contribution is -0.128. The molecule has 0 spiro atoms. The van der Waals surface area contributed by atoms with Crippen molar-refractivity contribution < 1.29 is 9.59 Å². The van der Waals surface area contributed by atoms with Crippen LogP contribution in [0.25, 0.3) is 0 Å². The standard InChI is InChI=1S/C25H30N4O2.C3H8.C2H6/c1-16(14-25(3,4)17(2)30)24(31)29-15-18-10-6-7-11-19(18)22-23(28(5)27-26-22)20-12-8-9-13-21(20)29;1-3-2;1-2/h6-13,16,22-23H,14-15H2,1-5H3;3H2,1-2H3;1-2H3. The molecule has 6 heteroatoms. The lowest BCUT2D eigenvalue weighted by Gasteiger charge is -2.36. The van der Waals surface area contributed by atoms with Gasteiger partial charge in [-0.3, -0.25) is 14.6 Å². The maximum absolute atomic E-state index is 13.8. The molecule has 2 aromatic carbocycles. The predicted molar refractivity (Wildman–Crippen MR) is 148 cm³/mol. The monoisotopic (exact) mass is 492 g/mol. The Hall–Kier alpha value is -3.02. The van der Waals surface area contributed by atoms with E-state index in [1.165, 1.54) is 6.42 Å². The van der Waals surface area contributed by atoms with Crippen molar-refractivity contribution in [2.45, 2.75) is 86.9 Å². The topological polar surface area (TPSA) is 65.3 Å². The Morgan fingerprint density at radius 1 is 1.03 bits per heavy atom. The molecule has 0 fully saturated rings. The third kappa shape index (κ3) is 6.21. The van der Waals surface area contributed by atoms with Crippen molar-refractivity contribution in [1.29, 1.82) is 0 Å². The van der Waals surface area contributed by atoms with Crippen molar-refractivity contribution in [3.63, 3.8) is 0 Å². The summed E-state index contributed by atoms with van der Waals surface area (Å²) in [4.78, 5) is 27.7. The molecule has 36 heavy (non-hydrogen) atoms. The lowest BCUT2D eigenvalue weighted by Crippen LogP contribution is -2.40. The molecule has 0 radical (unpaired) electrons. The van der Waals surface area contributed by atoms with Gasteiger partial charge in [0.2, 0.25) is 5.91 Å². The number of hydrogen-bond donors (Lipinski definition) is 0. The van der Waals surface area contributed by atoms with Crippen LogP contribution < -0.4 is 4.90 Å². The number of fused-ring (bicyclic) bond motifs is 5. The van der Waals surface area contributed by atoms with Crippen LogP contribution in [0.5, 0.6) is 0 Å². The number of carbonyl (C=O) groups excluding carboxylic acids is 2. The van der Waals surface area contributed by atoms with Gasteiger partial charge in [0.1, 0.15) is 17.9 Å². The molecule has 3 atom stereocenters. The molecule has 0 saturated carbocycles. The zero-order chi connectivity index (χ0) is 27.0. The van der Waals surface area contributed by atoms with Crippen LogP contribution in [0.2, 0.25) is 0 Å². The average Bonchev–Trinajstić information content (AvgIpc) is 3.23. The van der Waals surface area contributed by atoms with Crippen LogP contribution in [0.1, 0.15) is 97.0 Å². The fraction of sp³-hybridized carbons (Fsp3) is 0.533. The van der Waals surface area contributed by atoms with Crippen molar-refractivity contribution in [3.8, 4) is 0 Å². The molecule has 0 N–H and O–H groups in total. The number of ketones is 1. The molecule has 0 saturated heterocycles. The minimum Gasteiger partial charge on any atom is -0.307 e. The Morgan fingerprint density at radius 3 is 2.19 bits per heavy atom. The SMILES string of the molecule is CC.CC(=O)C(C)(C)CC(C)C(=O)N1Cc2ccccc2C2N=NN(C)C2c2ccccc21.CCC. The highest BCUT2D eigenvalue weighted by Gasteiger charge is 2.40. The van der Waals surface area contributed by atoms with Crippen molar-refractivity contribution >= 4 is 17.4 Å². The summed E-state index contributed by atoms with van der Waals surface area (Å²) in [6.45, 7) is 16.1. The molecule has 0 bridgehead atoms. The Labute approximate surface area is 217 Å². The molecule has 0 aliphatic carbocycles. The van der Waals surface area contributed by atoms with Crippen molar-refractivity contribution in [3.05, 3.63) is 65.2 Å². The summed E-state index contributed by atoms with van der Waals surface area (Å²) in [6.07, 6.45) is 1.76. The van der Waals surface area contributed by atoms with Gasteiger partial charge >= 0.3 is 0 Å². The molecule has 3 unspecified atom stereocenters. The molecule has 2 aliphatic heterocycles. The van der Waals surface area contributed by atoms with E-state index >= 15 is 0 Å². The molecule has 2 heterocycles. The summed E-state index contributed by atoms with van der Waals surface area (Å²) in [5.74, 6) is -0.154. The number of benzene rings is 2. The Bertz CT molecular complexity index is 1060. The first-order valence-corrected chi connectivity index (χ1v) is 13.2. The lowest BCUT2D eigenvalue weighted by atomic mass is 9.79. The fourth-order valence-electron chi connectivity index (χ4n) is 4.73. The van der Waals surface area contributed by atoms with Gasteiger partial charge in [0.25, 0.3) is 0 Å². The smallest absolute Gasteiger partial charge is 0.230 e. The second-order valence-corrected chi connectivity index (χ2v) is 10.1. The summed E-state index contributed by atoms with van der Waals surface area (Å²) >= 11 is 0. The van der Waals surface area contributed by atoms with Crippen molar-refractivity contribution in [2.24, 2.45) is 21.7 Å². The number of para-hydroxylation sites is 1. The molecule has 2 aliphatic rings. The minimum absolute atomic E-state index is 0.0320. The van der Waals surface area contributed by atoms with Crippen LogP contribution in [0.3, 0.4) is 0 Å². The number of carbonyl (C=O) groups is 2. The summed E-state index contributed by atoms with van der Waals surface area (Å²) in [5.41, 5.74) is 3.57. The van der Waals surface area contributed by atoms with Gasteiger partial charge in [-0.15, -0.1) is 0 Å². The van der Waals surface area contributed by atoms with E-state index in [1.54, 1.807) is 6.92 Å². The number of anilines is 1.